The molecule has 3 heteroatoms. The number of aryl methyl sites for hydroxylation is 2. The lowest BCUT2D eigenvalue weighted by atomic mass is 9.98. The summed E-state index contributed by atoms with van der Waals surface area (Å²) in [4.78, 5) is 12.2. The quantitative estimate of drug-likeness (QED) is 0.824. The van der Waals surface area contributed by atoms with Crippen LogP contribution in [0.1, 0.15) is 57.1 Å². The Kier molecular flexibility index (Phi) is 5.66. The van der Waals surface area contributed by atoms with Crippen molar-refractivity contribution in [1.82, 2.24) is 0 Å². The smallest absolute Gasteiger partial charge is 0.328 e. The fourth-order valence-electron chi connectivity index (χ4n) is 2.95. The lowest BCUT2D eigenvalue weighted by Gasteiger charge is -2.25. The Hall–Kier alpha value is -1.51. The van der Waals surface area contributed by atoms with Crippen LogP contribution in [-0.2, 0) is 16.0 Å². The normalized spacial score (nSPS) is 17.3. The molecule has 0 spiro atoms. The van der Waals surface area contributed by atoms with Crippen molar-refractivity contribution in [2.24, 2.45) is 0 Å². The van der Waals surface area contributed by atoms with Gasteiger partial charge in [-0.2, -0.15) is 0 Å². The minimum atomic E-state index is -0.307. The van der Waals surface area contributed by atoms with Crippen molar-refractivity contribution in [3.63, 3.8) is 0 Å². The maximum atomic E-state index is 12.2. The van der Waals surface area contributed by atoms with Gasteiger partial charge in [0, 0.05) is 5.69 Å². The van der Waals surface area contributed by atoms with Crippen LogP contribution in [0.2, 0.25) is 0 Å². The van der Waals surface area contributed by atoms with Gasteiger partial charge in [0.25, 0.3) is 0 Å². The highest BCUT2D eigenvalue weighted by molar-refractivity contribution is 5.79. The van der Waals surface area contributed by atoms with Crippen LogP contribution in [0.15, 0.2) is 18.2 Å². The highest BCUT2D eigenvalue weighted by Crippen LogP contribution is 2.24. The number of hydrogen-bond acceptors (Lipinski definition) is 3. The maximum absolute atomic E-state index is 12.2. The SMILES string of the molecule is CCc1cccc(C)c1NC(C)C(=O)OC1CCCCC1. The molecular weight excluding hydrogens is 262 g/mol. The van der Waals surface area contributed by atoms with Crippen molar-refractivity contribution < 1.29 is 9.53 Å². The number of carbonyl (C=O) groups is 1. The number of esters is 1. The minimum Gasteiger partial charge on any atom is -0.461 e. The van der Waals surface area contributed by atoms with Gasteiger partial charge in [-0.3, -0.25) is 0 Å². The van der Waals surface area contributed by atoms with Gasteiger partial charge in [-0.15, -0.1) is 0 Å². The molecule has 0 saturated heterocycles. The van der Waals surface area contributed by atoms with E-state index in [1.807, 2.05) is 6.92 Å². The molecule has 0 radical (unpaired) electrons. The number of para-hydroxylation sites is 1. The van der Waals surface area contributed by atoms with Gasteiger partial charge in [0.1, 0.15) is 12.1 Å². The van der Waals surface area contributed by atoms with Gasteiger partial charge in [0.2, 0.25) is 0 Å². The van der Waals surface area contributed by atoms with E-state index in [1.54, 1.807) is 0 Å². The van der Waals surface area contributed by atoms with Crippen LogP contribution in [0.25, 0.3) is 0 Å². The summed E-state index contributed by atoms with van der Waals surface area (Å²) in [5.41, 5.74) is 3.49. The van der Waals surface area contributed by atoms with Gasteiger partial charge in [-0.1, -0.05) is 31.5 Å². The van der Waals surface area contributed by atoms with Crippen LogP contribution in [0.3, 0.4) is 0 Å². The molecule has 1 atom stereocenters. The van der Waals surface area contributed by atoms with E-state index in [-0.39, 0.29) is 18.1 Å². The van der Waals surface area contributed by atoms with Crippen LogP contribution in [0.5, 0.6) is 0 Å². The molecule has 1 aliphatic rings. The summed E-state index contributed by atoms with van der Waals surface area (Å²) < 4.78 is 5.64. The van der Waals surface area contributed by atoms with Crippen LogP contribution in [0.4, 0.5) is 5.69 Å². The van der Waals surface area contributed by atoms with Crippen LogP contribution >= 0.6 is 0 Å². The molecule has 1 unspecified atom stereocenters. The molecule has 0 heterocycles. The number of benzene rings is 1. The molecule has 0 aliphatic heterocycles. The molecule has 1 fully saturated rings. The standard InChI is InChI=1S/C18H27NO2/c1-4-15-10-8-9-13(2)17(15)19-14(3)18(20)21-16-11-6-5-7-12-16/h8-10,14,16,19H,4-7,11-12H2,1-3H3. The van der Waals surface area contributed by atoms with E-state index in [4.69, 9.17) is 4.74 Å². The molecule has 1 N–H and O–H groups in total. The number of rotatable bonds is 5. The average molecular weight is 289 g/mol. The number of carbonyl (C=O) groups excluding carboxylic acids is 1. The average Bonchev–Trinajstić information content (AvgIpc) is 2.50. The zero-order valence-corrected chi connectivity index (χ0v) is 13.4. The summed E-state index contributed by atoms with van der Waals surface area (Å²) in [6.07, 6.45) is 6.73. The molecule has 0 amide bonds. The van der Waals surface area contributed by atoms with E-state index in [0.717, 1.165) is 24.9 Å². The van der Waals surface area contributed by atoms with E-state index >= 15 is 0 Å². The summed E-state index contributed by atoms with van der Waals surface area (Å²) in [5.74, 6) is -0.132. The molecule has 1 aromatic carbocycles. The van der Waals surface area contributed by atoms with Crippen LogP contribution < -0.4 is 5.32 Å². The van der Waals surface area contributed by atoms with Crippen molar-refractivity contribution in [2.75, 3.05) is 5.32 Å². The fourth-order valence-corrected chi connectivity index (χ4v) is 2.95. The Morgan fingerprint density at radius 3 is 2.71 bits per heavy atom. The second kappa shape index (κ2) is 7.48. The highest BCUT2D eigenvalue weighted by Gasteiger charge is 2.22. The zero-order valence-electron chi connectivity index (χ0n) is 13.4. The molecule has 0 aromatic heterocycles. The van der Waals surface area contributed by atoms with Crippen molar-refractivity contribution in [3.05, 3.63) is 29.3 Å². The van der Waals surface area contributed by atoms with Crippen LogP contribution in [-0.4, -0.2) is 18.1 Å². The molecule has 1 saturated carbocycles. The van der Waals surface area contributed by atoms with Gasteiger partial charge < -0.3 is 10.1 Å². The third-order valence-corrected chi connectivity index (χ3v) is 4.29. The van der Waals surface area contributed by atoms with E-state index in [1.165, 1.54) is 30.4 Å². The highest BCUT2D eigenvalue weighted by atomic mass is 16.5. The first-order valence-electron chi connectivity index (χ1n) is 8.17. The van der Waals surface area contributed by atoms with E-state index < -0.39 is 0 Å². The number of anilines is 1. The monoisotopic (exact) mass is 289 g/mol. The number of hydrogen-bond donors (Lipinski definition) is 1. The third kappa shape index (κ3) is 4.23. The summed E-state index contributed by atoms with van der Waals surface area (Å²) in [5, 5.41) is 3.34. The second-order valence-electron chi connectivity index (χ2n) is 6.03. The predicted octanol–water partition coefficient (Wildman–Crippen LogP) is 4.23. The molecule has 21 heavy (non-hydrogen) atoms. The Morgan fingerprint density at radius 2 is 2.05 bits per heavy atom. The predicted molar refractivity (Wildman–Crippen MR) is 86.6 cm³/mol. The molecule has 1 aromatic rings. The summed E-state index contributed by atoms with van der Waals surface area (Å²) in [6.45, 7) is 6.09. The summed E-state index contributed by atoms with van der Waals surface area (Å²) >= 11 is 0. The molecule has 1 aliphatic carbocycles. The Morgan fingerprint density at radius 1 is 1.33 bits per heavy atom. The first-order chi connectivity index (χ1) is 10.1. The minimum absolute atomic E-state index is 0.123. The van der Waals surface area contributed by atoms with Crippen molar-refractivity contribution in [1.29, 1.82) is 0 Å². The first kappa shape index (κ1) is 15.9. The van der Waals surface area contributed by atoms with Crippen molar-refractivity contribution in [2.45, 2.75) is 71.4 Å². The summed E-state index contributed by atoms with van der Waals surface area (Å²) in [6, 6.07) is 5.93. The van der Waals surface area contributed by atoms with Gasteiger partial charge in [-0.05, 0) is 57.1 Å². The molecule has 2 rings (SSSR count). The maximum Gasteiger partial charge on any atom is 0.328 e. The van der Waals surface area contributed by atoms with Gasteiger partial charge in [0.15, 0.2) is 0 Å². The Labute approximate surface area is 128 Å². The van der Waals surface area contributed by atoms with E-state index in [9.17, 15) is 4.79 Å². The molecule has 116 valence electrons. The van der Waals surface area contributed by atoms with Crippen molar-refractivity contribution in [3.8, 4) is 0 Å². The Balaban J connectivity index is 1.97. The lowest BCUT2D eigenvalue weighted by Crippen LogP contribution is -2.33. The Bertz CT molecular complexity index is 478. The fraction of sp³-hybridized carbons (Fsp3) is 0.611. The topological polar surface area (TPSA) is 38.3 Å². The van der Waals surface area contributed by atoms with Gasteiger partial charge in [0.05, 0.1) is 0 Å². The zero-order chi connectivity index (χ0) is 15.2. The number of nitrogens with one attached hydrogen (secondary N) is 1. The second-order valence-corrected chi connectivity index (χ2v) is 6.03. The third-order valence-electron chi connectivity index (χ3n) is 4.29. The molecule has 0 bridgehead atoms. The molecular formula is C18H27NO2. The van der Waals surface area contributed by atoms with E-state index in [2.05, 4.69) is 37.4 Å². The van der Waals surface area contributed by atoms with Gasteiger partial charge in [-0.25, -0.2) is 4.79 Å². The van der Waals surface area contributed by atoms with Crippen molar-refractivity contribution >= 4 is 11.7 Å². The first-order valence-corrected chi connectivity index (χ1v) is 8.17. The lowest BCUT2D eigenvalue weighted by molar-refractivity contribution is -0.151. The summed E-state index contributed by atoms with van der Waals surface area (Å²) in [7, 11) is 0. The van der Waals surface area contributed by atoms with Crippen LogP contribution in [0, 0.1) is 6.92 Å². The van der Waals surface area contributed by atoms with E-state index in [0.29, 0.717) is 0 Å². The van der Waals surface area contributed by atoms with Gasteiger partial charge >= 0.3 is 5.97 Å². The molecule has 3 nitrogen and oxygen atoms in total. The number of ether oxygens (including phenoxy) is 1. The largest absolute Gasteiger partial charge is 0.461 e.